The Morgan fingerprint density at radius 3 is 2.55 bits per heavy atom. The van der Waals surface area contributed by atoms with Gasteiger partial charge in [-0.1, -0.05) is 6.07 Å². The van der Waals surface area contributed by atoms with Crippen LogP contribution in [0.15, 0.2) is 18.3 Å². The fourth-order valence-electron chi connectivity index (χ4n) is 0.616. The Balaban J connectivity index is 2.91. The van der Waals surface area contributed by atoms with Gasteiger partial charge in [-0.2, -0.15) is 0 Å². The summed E-state index contributed by atoms with van der Waals surface area (Å²) in [6.07, 6.45) is 1.50. The maximum Gasteiger partial charge on any atom is 0.573 e. The molecule has 1 aromatic heterocycles. The maximum atomic E-state index is 11.9. The zero-order chi connectivity index (χ0) is 8.27. The van der Waals surface area contributed by atoms with Crippen LogP contribution in [0.5, 0.6) is 0 Å². The topological polar surface area (TPSA) is 30.0 Å². The monoisotopic (exact) mass is 155 g/mol. The van der Waals surface area contributed by atoms with Crippen molar-refractivity contribution in [2.24, 2.45) is 0 Å². The van der Waals surface area contributed by atoms with Gasteiger partial charge in [0, 0.05) is 11.7 Å². The van der Waals surface area contributed by atoms with E-state index < -0.39 is 7.27 Å². The molecule has 1 aromatic rings. The van der Waals surface area contributed by atoms with Crippen LogP contribution in [0.3, 0.4) is 0 Å². The van der Waals surface area contributed by atoms with Gasteiger partial charge in [-0.15, -0.1) is 0 Å². The lowest BCUT2D eigenvalue weighted by atomic mass is 9.88. The highest BCUT2D eigenvalue weighted by Crippen LogP contribution is 1.91. The molecule has 0 aromatic carbocycles. The molecular weight excluding hydrogens is 151 g/mol. The van der Waals surface area contributed by atoms with E-state index in [1.54, 1.807) is 0 Å². The molecular formula is C6H4BF2NO. The highest BCUT2D eigenvalue weighted by molar-refractivity contribution is 6.59. The summed E-state index contributed by atoms with van der Waals surface area (Å²) in [6.45, 7) is 0. The van der Waals surface area contributed by atoms with Gasteiger partial charge >= 0.3 is 7.27 Å². The van der Waals surface area contributed by atoms with Gasteiger partial charge in [0.1, 0.15) is 5.69 Å². The van der Waals surface area contributed by atoms with E-state index in [2.05, 4.69) is 4.98 Å². The molecule has 0 fully saturated rings. The van der Waals surface area contributed by atoms with Crippen molar-refractivity contribution in [3.05, 3.63) is 24.0 Å². The van der Waals surface area contributed by atoms with Crippen LogP contribution < -0.4 is 5.46 Å². The average molecular weight is 155 g/mol. The van der Waals surface area contributed by atoms with Crippen molar-refractivity contribution in [3.8, 4) is 0 Å². The van der Waals surface area contributed by atoms with Crippen molar-refractivity contribution in [2.75, 3.05) is 0 Å². The summed E-state index contributed by atoms with van der Waals surface area (Å²) in [4.78, 5) is 13.5. The molecule has 0 aliphatic heterocycles. The molecule has 5 heteroatoms. The molecule has 0 unspecified atom stereocenters. The number of carbonyl (C=O) groups is 1. The summed E-state index contributed by atoms with van der Waals surface area (Å²) in [5, 5.41) is 0. The summed E-state index contributed by atoms with van der Waals surface area (Å²) >= 11 is 0. The van der Waals surface area contributed by atoms with Gasteiger partial charge in [-0.3, -0.25) is 18.4 Å². The Morgan fingerprint density at radius 1 is 1.45 bits per heavy atom. The highest BCUT2D eigenvalue weighted by atomic mass is 19.2. The number of hydrogen-bond donors (Lipinski definition) is 0. The molecule has 0 aliphatic carbocycles. The highest BCUT2D eigenvalue weighted by Gasteiger charge is 2.15. The molecule has 0 bridgehead atoms. The lowest BCUT2D eigenvalue weighted by Crippen LogP contribution is -2.20. The minimum absolute atomic E-state index is 0.161. The first kappa shape index (κ1) is 7.85. The number of hydrogen-bond acceptors (Lipinski definition) is 2. The standard InChI is InChI=1S/C6H4BF2NO/c8-7(9)5-1-2-6(4-11)10-3-5/h1-4H. The van der Waals surface area contributed by atoms with Gasteiger partial charge in [0.2, 0.25) is 0 Å². The fourth-order valence-corrected chi connectivity index (χ4v) is 0.616. The molecule has 1 heterocycles. The van der Waals surface area contributed by atoms with Crippen molar-refractivity contribution < 1.29 is 13.4 Å². The maximum absolute atomic E-state index is 11.9. The van der Waals surface area contributed by atoms with Crippen LogP contribution >= 0.6 is 0 Å². The molecule has 0 aliphatic rings. The van der Waals surface area contributed by atoms with Gasteiger partial charge in [-0.25, -0.2) is 0 Å². The van der Waals surface area contributed by atoms with Crippen LogP contribution in [0.4, 0.5) is 8.63 Å². The first-order chi connectivity index (χ1) is 5.24. The number of aromatic nitrogens is 1. The number of carbonyl (C=O) groups excluding carboxylic acids is 1. The Hall–Kier alpha value is -1.26. The SMILES string of the molecule is O=Cc1ccc(B(F)F)cn1. The molecule has 0 spiro atoms. The second-order valence-corrected chi connectivity index (χ2v) is 1.93. The van der Waals surface area contributed by atoms with Gasteiger partial charge in [-0.05, 0) is 6.07 Å². The smallest absolute Gasteiger partial charge is 0.296 e. The van der Waals surface area contributed by atoms with Crippen molar-refractivity contribution in [1.82, 2.24) is 4.98 Å². The largest absolute Gasteiger partial charge is 0.573 e. The van der Waals surface area contributed by atoms with Crippen LogP contribution in [0, 0.1) is 0 Å². The minimum atomic E-state index is -2.52. The molecule has 56 valence electrons. The van der Waals surface area contributed by atoms with E-state index in [-0.39, 0.29) is 11.2 Å². The predicted molar refractivity (Wildman–Crippen MR) is 37.2 cm³/mol. The molecule has 0 atom stereocenters. The van der Waals surface area contributed by atoms with Crippen molar-refractivity contribution in [1.29, 1.82) is 0 Å². The van der Waals surface area contributed by atoms with Crippen LogP contribution in [-0.4, -0.2) is 18.5 Å². The van der Waals surface area contributed by atoms with E-state index in [4.69, 9.17) is 0 Å². The molecule has 2 nitrogen and oxygen atoms in total. The Labute approximate surface area is 62.4 Å². The van der Waals surface area contributed by atoms with Crippen LogP contribution in [-0.2, 0) is 0 Å². The quantitative estimate of drug-likeness (QED) is 0.460. The molecule has 1 rings (SSSR count). The second-order valence-electron chi connectivity index (χ2n) is 1.93. The summed E-state index contributed by atoms with van der Waals surface area (Å²) < 4.78 is 23.7. The van der Waals surface area contributed by atoms with Gasteiger partial charge in [0.25, 0.3) is 0 Å². The van der Waals surface area contributed by atoms with Gasteiger partial charge in [0.15, 0.2) is 6.29 Å². The van der Waals surface area contributed by atoms with E-state index in [1.807, 2.05) is 0 Å². The first-order valence-electron chi connectivity index (χ1n) is 2.93. The summed E-state index contributed by atoms with van der Waals surface area (Å²) in [6, 6.07) is 2.44. The van der Waals surface area contributed by atoms with Crippen LogP contribution in [0.2, 0.25) is 0 Å². The van der Waals surface area contributed by atoms with E-state index in [0.717, 1.165) is 6.20 Å². The normalized spacial score (nSPS) is 9.27. The second kappa shape index (κ2) is 3.23. The lowest BCUT2D eigenvalue weighted by Gasteiger charge is -1.93. The Bertz CT molecular complexity index is 249. The number of nitrogens with zero attached hydrogens (tertiary/aromatic N) is 1. The third kappa shape index (κ3) is 1.83. The summed E-state index contributed by atoms with van der Waals surface area (Å²) in [7, 11) is -2.52. The number of aldehydes is 1. The fraction of sp³-hybridized carbons (Fsp3) is 0. The number of rotatable bonds is 2. The number of halogens is 2. The zero-order valence-corrected chi connectivity index (χ0v) is 5.50. The van der Waals surface area contributed by atoms with Crippen LogP contribution in [0.1, 0.15) is 10.5 Å². The molecule has 0 radical (unpaired) electrons. The summed E-state index contributed by atoms with van der Waals surface area (Å²) in [5.41, 5.74) is -0.00926. The van der Waals surface area contributed by atoms with Crippen molar-refractivity contribution in [3.63, 3.8) is 0 Å². The minimum Gasteiger partial charge on any atom is -0.296 e. The van der Waals surface area contributed by atoms with Crippen molar-refractivity contribution >= 4 is 19.0 Å². The van der Waals surface area contributed by atoms with E-state index in [9.17, 15) is 13.4 Å². The third-order valence-electron chi connectivity index (χ3n) is 1.18. The van der Waals surface area contributed by atoms with E-state index >= 15 is 0 Å². The molecule has 0 saturated heterocycles. The average Bonchev–Trinajstić information content (AvgIpc) is 2.05. The van der Waals surface area contributed by atoms with E-state index in [0.29, 0.717) is 6.29 Å². The molecule has 11 heavy (non-hydrogen) atoms. The predicted octanol–water partition coefficient (Wildman–Crippen LogP) is 0.528. The summed E-state index contributed by atoms with van der Waals surface area (Å²) in [5.74, 6) is 0. The Kier molecular flexibility index (Phi) is 2.30. The zero-order valence-electron chi connectivity index (χ0n) is 5.50. The Morgan fingerprint density at radius 2 is 2.18 bits per heavy atom. The van der Waals surface area contributed by atoms with E-state index in [1.165, 1.54) is 12.1 Å². The molecule has 0 amide bonds. The number of pyridine rings is 1. The molecule has 0 saturated carbocycles. The van der Waals surface area contributed by atoms with Gasteiger partial charge < -0.3 is 0 Å². The van der Waals surface area contributed by atoms with Gasteiger partial charge in [0.05, 0.1) is 0 Å². The third-order valence-corrected chi connectivity index (χ3v) is 1.18. The van der Waals surface area contributed by atoms with Crippen LogP contribution in [0.25, 0.3) is 0 Å². The molecule has 0 N–H and O–H groups in total. The van der Waals surface area contributed by atoms with Crippen molar-refractivity contribution in [2.45, 2.75) is 0 Å². The first-order valence-corrected chi connectivity index (χ1v) is 2.93. The lowest BCUT2D eigenvalue weighted by molar-refractivity contribution is 0.111.